The van der Waals surface area contributed by atoms with Gasteiger partial charge in [0.15, 0.2) is 11.6 Å². The van der Waals surface area contributed by atoms with E-state index >= 15 is 0 Å². The van der Waals surface area contributed by atoms with Gasteiger partial charge in [-0.05, 0) is 45.7 Å². The molecule has 1 fully saturated rings. The number of halogens is 3. The van der Waals surface area contributed by atoms with Crippen LogP contribution in [0.5, 0.6) is 0 Å². The number of carbonyl (C=O) groups is 2. The van der Waals surface area contributed by atoms with Crippen molar-refractivity contribution in [2.24, 2.45) is 0 Å². The molecule has 1 aliphatic carbocycles. The van der Waals surface area contributed by atoms with E-state index in [9.17, 15) is 22.8 Å². The maximum atomic E-state index is 12.0. The zero-order chi connectivity index (χ0) is 18.3. The largest absolute Gasteiger partial charge is 0.444 e. The highest BCUT2D eigenvalue weighted by atomic mass is 19.2. The van der Waals surface area contributed by atoms with Gasteiger partial charge in [0.25, 0.3) is 0 Å². The Kier molecular flexibility index (Phi) is 7.25. The molecule has 0 aromatic heterocycles. The summed E-state index contributed by atoms with van der Waals surface area (Å²) in [6.45, 7) is 5.45. The molecule has 1 aromatic carbocycles. The molecular formula is C17H22F3NO3. The van der Waals surface area contributed by atoms with Crippen LogP contribution in [0.4, 0.5) is 18.0 Å². The van der Waals surface area contributed by atoms with E-state index in [1.54, 1.807) is 0 Å². The van der Waals surface area contributed by atoms with E-state index in [2.05, 4.69) is 5.32 Å². The Morgan fingerprint density at radius 2 is 1.88 bits per heavy atom. The Balaban J connectivity index is 0.000000272. The minimum Gasteiger partial charge on any atom is -0.444 e. The molecule has 1 amide bonds. The number of Topliss-reactive ketones (excluding diaryl/α,β-unsaturated/α-hetero) is 1. The first kappa shape index (κ1) is 20.0. The second-order valence-corrected chi connectivity index (χ2v) is 6.54. The first-order valence-electron chi connectivity index (χ1n) is 7.68. The van der Waals surface area contributed by atoms with Gasteiger partial charge in [-0.2, -0.15) is 0 Å². The molecule has 1 aliphatic rings. The first-order chi connectivity index (χ1) is 11.1. The number of benzene rings is 1. The molecule has 1 atom stereocenters. The maximum absolute atomic E-state index is 12.0. The summed E-state index contributed by atoms with van der Waals surface area (Å²) in [7, 11) is 0. The van der Waals surface area contributed by atoms with Gasteiger partial charge < -0.3 is 10.1 Å². The minimum absolute atomic E-state index is 0.0406. The van der Waals surface area contributed by atoms with E-state index in [0.29, 0.717) is 18.9 Å². The number of rotatable bonds is 1. The van der Waals surface area contributed by atoms with Crippen molar-refractivity contribution in [2.45, 2.75) is 58.1 Å². The number of ketones is 1. The van der Waals surface area contributed by atoms with Crippen LogP contribution in [0.3, 0.4) is 0 Å². The molecule has 0 heterocycles. The van der Waals surface area contributed by atoms with Gasteiger partial charge in [0.2, 0.25) is 0 Å². The molecule has 1 aromatic rings. The minimum atomic E-state index is -1.16. The van der Waals surface area contributed by atoms with E-state index in [0.717, 1.165) is 25.0 Å². The average Bonchev–Trinajstić information content (AvgIpc) is 2.42. The maximum Gasteiger partial charge on any atom is 0.407 e. The molecular weight excluding hydrogens is 323 g/mol. The molecule has 0 spiro atoms. The van der Waals surface area contributed by atoms with Crippen molar-refractivity contribution in [3.8, 4) is 0 Å². The van der Waals surface area contributed by atoms with Crippen LogP contribution >= 0.6 is 0 Å². The lowest BCUT2D eigenvalue weighted by Crippen LogP contribution is -2.41. The number of nitrogens with one attached hydrogen (secondary N) is 1. The van der Waals surface area contributed by atoms with Crippen LogP contribution in [0.25, 0.3) is 0 Å². The fraction of sp³-hybridized carbons (Fsp3) is 0.529. The van der Waals surface area contributed by atoms with Gasteiger partial charge in [-0.15, -0.1) is 0 Å². The smallest absolute Gasteiger partial charge is 0.407 e. The number of hydrogen-bond donors (Lipinski definition) is 1. The number of ether oxygens (including phenoxy) is 1. The number of hydrogen-bond acceptors (Lipinski definition) is 3. The second kappa shape index (κ2) is 8.70. The standard InChI is InChI=1S/C11H19NO3.C6H3F3/c1-11(2,3)15-10(14)12-8-5-4-6-9(13)7-8;7-4-1-2-5(8)6(9)3-4/h8H,4-7H2,1-3H3,(H,12,14);1-3H/t8-;/m1./s1. The third-order valence-corrected chi connectivity index (χ3v) is 3.08. The fourth-order valence-electron chi connectivity index (χ4n) is 2.09. The van der Waals surface area contributed by atoms with Gasteiger partial charge in [-0.1, -0.05) is 0 Å². The van der Waals surface area contributed by atoms with Crippen molar-refractivity contribution in [1.82, 2.24) is 5.32 Å². The van der Waals surface area contributed by atoms with Crippen LogP contribution in [-0.4, -0.2) is 23.5 Å². The number of carbonyl (C=O) groups excluding carboxylic acids is 2. The average molecular weight is 345 g/mol. The summed E-state index contributed by atoms with van der Waals surface area (Å²) in [5.74, 6) is -2.73. The highest BCUT2D eigenvalue weighted by Crippen LogP contribution is 2.15. The van der Waals surface area contributed by atoms with Crippen LogP contribution < -0.4 is 5.32 Å². The Morgan fingerprint density at radius 3 is 2.38 bits per heavy atom. The zero-order valence-corrected chi connectivity index (χ0v) is 14.0. The summed E-state index contributed by atoms with van der Waals surface area (Å²) in [4.78, 5) is 22.5. The SMILES string of the molecule is CC(C)(C)OC(=O)N[C@@H]1CCCC(=O)C1.Fc1ccc(F)c(F)c1. The summed E-state index contributed by atoms with van der Waals surface area (Å²) in [5.41, 5.74) is -0.483. The van der Waals surface area contributed by atoms with E-state index in [4.69, 9.17) is 4.74 Å². The zero-order valence-electron chi connectivity index (χ0n) is 14.0. The van der Waals surface area contributed by atoms with Crippen LogP contribution in [-0.2, 0) is 9.53 Å². The predicted octanol–water partition coefficient (Wildman–Crippen LogP) is 4.13. The van der Waals surface area contributed by atoms with Crippen molar-refractivity contribution in [3.63, 3.8) is 0 Å². The molecule has 2 rings (SSSR count). The van der Waals surface area contributed by atoms with Gasteiger partial charge >= 0.3 is 6.09 Å². The second-order valence-electron chi connectivity index (χ2n) is 6.54. The third kappa shape index (κ3) is 7.99. The summed E-state index contributed by atoms with van der Waals surface area (Å²) < 4.78 is 41.0. The van der Waals surface area contributed by atoms with E-state index < -0.39 is 29.1 Å². The van der Waals surface area contributed by atoms with E-state index in [1.807, 2.05) is 20.8 Å². The molecule has 134 valence electrons. The van der Waals surface area contributed by atoms with Gasteiger partial charge in [-0.3, -0.25) is 4.79 Å². The summed E-state index contributed by atoms with van der Waals surface area (Å²) in [6, 6.07) is 2.05. The highest BCUT2D eigenvalue weighted by molar-refractivity contribution is 5.80. The van der Waals surface area contributed by atoms with Gasteiger partial charge in [-0.25, -0.2) is 18.0 Å². The molecule has 1 N–H and O–H groups in total. The fourth-order valence-corrected chi connectivity index (χ4v) is 2.09. The molecule has 0 aliphatic heterocycles. The van der Waals surface area contributed by atoms with Gasteiger partial charge in [0, 0.05) is 24.9 Å². The number of alkyl carbamates (subject to hydrolysis) is 1. The Labute approximate surface area is 139 Å². The van der Waals surface area contributed by atoms with Crippen LogP contribution in [0.15, 0.2) is 18.2 Å². The monoisotopic (exact) mass is 345 g/mol. The Bertz CT molecular complexity index is 585. The third-order valence-electron chi connectivity index (χ3n) is 3.08. The quantitative estimate of drug-likeness (QED) is 0.779. The van der Waals surface area contributed by atoms with Crippen molar-refractivity contribution in [3.05, 3.63) is 35.7 Å². The van der Waals surface area contributed by atoms with Crippen molar-refractivity contribution >= 4 is 11.9 Å². The van der Waals surface area contributed by atoms with Crippen molar-refractivity contribution in [2.75, 3.05) is 0 Å². The normalized spacial score (nSPS) is 17.6. The Hall–Kier alpha value is -2.05. The predicted molar refractivity (Wildman–Crippen MR) is 82.9 cm³/mol. The van der Waals surface area contributed by atoms with E-state index in [1.165, 1.54) is 0 Å². The Morgan fingerprint density at radius 1 is 1.21 bits per heavy atom. The molecule has 1 saturated carbocycles. The lowest BCUT2D eigenvalue weighted by atomic mass is 9.94. The molecule has 0 bridgehead atoms. The molecule has 7 heteroatoms. The first-order valence-corrected chi connectivity index (χ1v) is 7.68. The molecule has 0 saturated heterocycles. The van der Waals surface area contributed by atoms with Crippen molar-refractivity contribution in [1.29, 1.82) is 0 Å². The summed E-state index contributed by atoms with van der Waals surface area (Å²) in [5, 5.41) is 2.72. The number of amides is 1. The van der Waals surface area contributed by atoms with Crippen LogP contribution in [0.2, 0.25) is 0 Å². The lowest BCUT2D eigenvalue weighted by Gasteiger charge is -2.25. The van der Waals surface area contributed by atoms with Gasteiger partial charge in [0.1, 0.15) is 17.2 Å². The summed E-state index contributed by atoms with van der Waals surface area (Å²) >= 11 is 0. The topological polar surface area (TPSA) is 55.4 Å². The van der Waals surface area contributed by atoms with Crippen LogP contribution in [0, 0.1) is 17.5 Å². The van der Waals surface area contributed by atoms with Crippen molar-refractivity contribution < 1.29 is 27.5 Å². The van der Waals surface area contributed by atoms with E-state index in [-0.39, 0.29) is 11.8 Å². The molecule has 4 nitrogen and oxygen atoms in total. The lowest BCUT2D eigenvalue weighted by molar-refractivity contribution is -0.120. The summed E-state index contributed by atoms with van der Waals surface area (Å²) in [6.07, 6.45) is 2.39. The molecule has 24 heavy (non-hydrogen) atoms. The molecule has 0 radical (unpaired) electrons. The van der Waals surface area contributed by atoms with Crippen LogP contribution in [0.1, 0.15) is 46.5 Å². The molecule has 0 unspecified atom stereocenters. The highest BCUT2D eigenvalue weighted by Gasteiger charge is 2.23. The van der Waals surface area contributed by atoms with Gasteiger partial charge in [0.05, 0.1) is 0 Å².